The molecule has 1 aliphatic rings. The summed E-state index contributed by atoms with van der Waals surface area (Å²) in [6.45, 7) is 1.22. The molecule has 1 saturated heterocycles. The molecule has 2 heterocycles. The lowest BCUT2D eigenvalue weighted by atomic mass is 10.1. The molecule has 2 aromatic carbocycles. The van der Waals surface area contributed by atoms with Crippen LogP contribution in [0.15, 0.2) is 60.9 Å². The summed E-state index contributed by atoms with van der Waals surface area (Å²) in [4.78, 5) is 17.2. The maximum Gasteiger partial charge on any atom is 0.339 e. The molecular weight excluding hydrogens is 328 g/mol. The van der Waals surface area contributed by atoms with Crippen LogP contribution in [0.1, 0.15) is 34.8 Å². The zero-order valence-corrected chi connectivity index (χ0v) is 14.7. The van der Waals surface area contributed by atoms with Gasteiger partial charge >= 0.3 is 5.97 Å². The van der Waals surface area contributed by atoms with Crippen molar-refractivity contribution in [1.82, 2.24) is 9.88 Å². The SMILES string of the molecule is CN1CCCC1c1cccnc1.O=C(O)c1ccc2ccccc2c1O. The average Bonchev–Trinajstić information content (AvgIpc) is 3.09. The van der Waals surface area contributed by atoms with E-state index < -0.39 is 5.97 Å². The first-order valence-electron chi connectivity index (χ1n) is 8.62. The average molecular weight is 350 g/mol. The van der Waals surface area contributed by atoms with Crippen molar-refractivity contribution in [2.24, 2.45) is 0 Å². The quantitative estimate of drug-likeness (QED) is 0.728. The molecule has 134 valence electrons. The first-order chi connectivity index (χ1) is 12.6. The third-order valence-electron chi connectivity index (χ3n) is 4.72. The highest BCUT2D eigenvalue weighted by Gasteiger charge is 2.22. The van der Waals surface area contributed by atoms with Crippen LogP contribution in [0.2, 0.25) is 0 Å². The highest BCUT2D eigenvalue weighted by molar-refractivity contribution is 6.00. The van der Waals surface area contributed by atoms with Crippen molar-refractivity contribution in [1.29, 1.82) is 0 Å². The standard InChI is InChI=1S/C11H8O3.C10H14N2/c12-10-8-4-2-1-3-7(8)5-6-9(10)11(13)14;1-12-7-3-5-10(12)9-4-2-6-11-8-9/h1-6,12H,(H,13,14);2,4,6,8,10H,3,5,7H2,1H3. The third kappa shape index (κ3) is 3.83. The molecule has 3 aromatic rings. The van der Waals surface area contributed by atoms with E-state index in [0.717, 1.165) is 5.39 Å². The van der Waals surface area contributed by atoms with Crippen LogP contribution in [0.4, 0.5) is 0 Å². The van der Waals surface area contributed by atoms with Gasteiger partial charge in [-0.05, 0) is 49.5 Å². The summed E-state index contributed by atoms with van der Waals surface area (Å²) in [5.74, 6) is -1.29. The van der Waals surface area contributed by atoms with Crippen LogP contribution in [0.25, 0.3) is 10.8 Å². The van der Waals surface area contributed by atoms with Gasteiger partial charge in [-0.3, -0.25) is 9.88 Å². The van der Waals surface area contributed by atoms with E-state index in [-0.39, 0.29) is 11.3 Å². The third-order valence-corrected chi connectivity index (χ3v) is 4.72. The summed E-state index contributed by atoms with van der Waals surface area (Å²) in [6, 6.07) is 15.0. The Hall–Kier alpha value is -2.92. The summed E-state index contributed by atoms with van der Waals surface area (Å²) in [5, 5.41) is 19.8. The van der Waals surface area contributed by atoms with E-state index in [2.05, 4.69) is 23.0 Å². The summed E-state index contributed by atoms with van der Waals surface area (Å²) >= 11 is 0. The predicted molar refractivity (Wildman–Crippen MR) is 101 cm³/mol. The van der Waals surface area contributed by atoms with Crippen molar-refractivity contribution in [3.8, 4) is 5.75 Å². The number of likely N-dealkylation sites (tertiary alicyclic amines) is 1. The zero-order chi connectivity index (χ0) is 18.5. The number of pyridine rings is 1. The topological polar surface area (TPSA) is 73.7 Å². The number of benzene rings is 2. The van der Waals surface area contributed by atoms with Crippen molar-refractivity contribution >= 4 is 16.7 Å². The molecule has 0 bridgehead atoms. The maximum absolute atomic E-state index is 10.7. The molecule has 1 aromatic heterocycles. The molecule has 5 heteroatoms. The Labute approximate surface area is 152 Å². The van der Waals surface area contributed by atoms with Crippen molar-refractivity contribution in [2.45, 2.75) is 18.9 Å². The van der Waals surface area contributed by atoms with Crippen molar-refractivity contribution in [2.75, 3.05) is 13.6 Å². The number of phenols is 1. The number of nitrogens with zero attached hydrogens (tertiary/aromatic N) is 2. The number of aromatic carboxylic acids is 1. The molecule has 5 nitrogen and oxygen atoms in total. The number of aromatic hydroxyl groups is 1. The molecule has 1 unspecified atom stereocenters. The molecule has 0 saturated carbocycles. The second-order valence-corrected chi connectivity index (χ2v) is 6.41. The summed E-state index contributed by atoms with van der Waals surface area (Å²) in [6.07, 6.45) is 6.41. The number of carboxylic acids is 1. The van der Waals surface area contributed by atoms with Gasteiger partial charge < -0.3 is 10.2 Å². The Bertz CT molecular complexity index is 896. The number of hydrogen-bond acceptors (Lipinski definition) is 4. The molecule has 4 rings (SSSR count). The van der Waals surface area contributed by atoms with Crippen LogP contribution < -0.4 is 0 Å². The number of carboxylic acid groups (broad SMARTS) is 1. The molecule has 0 amide bonds. The fourth-order valence-electron chi connectivity index (χ4n) is 3.33. The van der Waals surface area contributed by atoms with Gasteiger partial charge in [0.05, 0.1) is 0 Å². The van der Waals surface area contributed by atoms with Crippen LogP contribution >= 0.6 is 0 Å². The van der Waals surface area contributed by atoms with Crippen LogP contribution in [-0.2, 0) is 0 Å². The second-order valence-electron chi connectivity index (χ2n) is 6.41. The smallest absolute Gasteiger partial charge is 0.339 e. The molecule has 1 aliphatic heterocycles. The summed E-state index contributed by atoms with van der Waals surface area (Å²) in [7, 11) is 2.19. The lowest BCUT2D eigenvalue weighted by Crippen LogP contribution is -2.17. The molecule has 2 N–H and O–H groups in total. The van der Waals surface area contributed by atoms with Gasteiger partial charge in [0.1, 0.15) is 11.3 Å². The Morgan fingerprint density at radius 1 is 1.15 bits per heavy atom. The lowest BCUT2D eigenvalue weighted by molar-refractivity contribution is 0.0694. The fraction of sp³-hybridized carbons (Fsp3) is 0.238. The molecule has 0 spiro atoms. The maximum atomic E-state index is 10.7. The minimum Gasteiger partial charge on any atom is -0.506 e. The van der Waals surface area contributed by atoms with E-state index in [4.69, 9.17) is 5.11 Å². The van der Waals surface area contributed by atoms with Crippen LogP contribution in [-0.4, -0.2) is 39.7 Å². The van der Waals surface area contributed by atoms with Crippen molar-refractivity contribution < 1.29 is 15.0 Å². The normalized spacial score (nSPS) is 16.9. The van der Waals surface area contributed by atoms with Crippen LogP contribution in [0.3, 0.4) is 0 Å². The number of aromatic nitrogens is 1. The van der Waals surface area contributed by atoms with E-state index in [1.54, 1.807) is 18.2 Å². The lowest BCUT2D eigenvalue weighted by Gasteiger charge is -2.18. The van der Waals surface area contributed by atoms with Gasteiger partial charge in [-0.2, -0.15) is 0 Å². The molecule has 1 fully saturated rings. The van der Waals surface area contributed by atoms with Crippen molar-refractivity contribution in [3.05, 3.63) is 72.1 Å². The first-order valence-corrected chi connectivity index (χ1v) is 8.62. The molecule has 1 atom stereocenters. The summed E-state index contributed by atoms with van der Waals surface area (Å²) < 4.78 is 0. The second kappa shape index (κ2) is 7.97. The van der Waals surface area contributed by atoms with Gasteiger partial charge in [0.15, 0.2) is 0 Å². The van der Waals surface area contributed by atoms with Gasteiger partial charge in [0, 0.05) is 23.8 Å². The largest absolute Gasteiger partial charge is 0.506 e. The highest BCUT2D eigenvalue weighted by Crippen LogP contribution is 2.29. The number of rotatable bonds is 2. The monoisotopic (exact) mass is 350 g/mol. The summed E-state index contributed by atoms with van der Waals surface area (Å²) in [5.41, 5.74) is 1.29. The minimum atomic E-state index is -1.12. The highest BCUT2D eigenvalue weighted by atomic mass is 16.4. The van der Waals surface area contributed by atoms with E-state index >= 15 is 0 Å². The first kappa shape index (κ1) is 17.9. The Morgan fingerprint density at radius 3 is 2.62 bits per heavy atom. The van der Waals surface area contributed by atoms with Gasteiger partial charge in [0.25, 0.3) is 0 Å². The number of hydrogen-bond donors (Lipinski definition) is 2. The number of fused-ring (bicyclic) bond motifs is 1. The van der Waals surface area contributed by atoms with E-state index in [9.17, 15) is 9.90 Å². The predicted octanol–water partition coefficient (Wildman–Crippen LogP) is 4.09. The van der Waals surface area contributed by atoms with Gasteiger partial charge in [0.2, 0.25) is 0 Å². The van der Waals surface area contributed by atoms with Crippen LogP contribution in [0.5, 0.6) is 5.75 Å². The van der Waals surface area contributed by atoms with E-state index in [0.29, 0.717) is 11.4 Å². The van der Waals surface area contributed by atoms with Gasteiger partial charge in [-0.25, -0.2) is 4.79 Å². The van der Waals surface area contributed by atoms with Gasteiger partial charge in [-0.1, -0.05) is 36.4 Å². The molecule has 26 heavy (non-hydrogen) atoms. The van der Waals surface area contributed by atoms with Gasteiger partial charge in [-0.15, -0.1) is 0 Å². The zero-order valence-electron chi connectivity index (χ0n) is 14.7. The fourth-order valence-corrected chi connectivity index (χ4v) is 3.33. The van der Waals surface area contributed by atoms with E-state index in [1.165, 1.54) is 31.0 Å². The molecular formula is C21H22N2O3. The minimum absolute atomic E-state index is 0.0660. The van der Waals surface area contributed by atoms with E-state index in [1.807, 2.05) is 30.6 Å². The Kier molecular flexibility index (Phi) is 5.49. The molecule has 0 radical (unpaired) electrons. The van der Waals surface area contributed by atoms with Crippen LogP contribution in [0, 0.1) is 0 Å². The molecule has 0 aliphatic carbocycles. The van der Waals surface area contributed by atoms with Crippen molar-refractivity contribution in [3.63, 3.8) is 0 Å². The Morgan fingerprint density at radius 2 is 1.96 bits per heavy atom. The Balaban J connectivity index is 0.000000152. The number of carbonyl (C=O) groups is 1.